The fraction of sp³-hybridized carbons (Fsp3) is 0.107. The summed E-state index contributed by atoms with van der Waals surface area (Å²) >= 11 is 0. The third-order valence-electron chi connectivity index (χ3n) is 4.99. The van der Waals surface area contributed by atoms with E-state index in [1.54, 1.807) is 42.6 Å². The predicted octanol–water partition coefficient (Wildman–Crippen LogP) is 6.70. The third-order valence-corrected chi connectivity index (χ3v) is 4.99. The fourth-order valence-electron chi connectivity index (χ4n) is 3.21. The maximum atomic E-state index is 14.5. The van der Waals surface area contributed by atoms with E-state index in [1.165, 1.54) is 38.5 Å². The van der Waals surface area contributed by atoms with Crippen molar-refractivity contribution in [3.05, 3.63) is 102 Å². The number of allylic oxidation sites excluding steroid dienone is 7. The highest BCUT2D eigenvalue weighted by atomic mass is 19.1. The van der Waals surface area contributed by atoms with Crippen LogP contribution in [-0.2, 0) is 0 Å². The van der Waals surface area contributed by atoms with Crippen molar-refractivity contribution in [1.29, 1.82) is 10.8 Å². The van der Waals surface area contributed by atoms with E-state index in [-0.39, 0.29) is 11.5 Å². The zero-order valence-electron chi connectivity index (χ0n) is 19.9. The molecule has 184 valence electrons. The molecule has 4 rings (SSSR count). The SMILES string of the molecule is COc1cc2nccc(Oc3ccc(C(=N)/C=C\C=N)cc3F)c2cc1OC.OC1=CC=CCC=C1. The zero-order valence-corrected chi connectivity index (χ0v) is 19.9. The molecule has 0 saturated carbocycles. The Morgan fingerprint density at radius 1 is 1.03 bits per heavy atom. The maximum Gasteiger partial charge on any atom is 0.166 e. The van der Waals surface area contributed by atoms with Crippen molar-refractivity contribution >= 4 is 22.8 Å². The lowest BCUT2D eigenvalue weighted by Gasteiger charge is -2.13. The number of methoxy groups -OCH3 is 2. The molecule has 0 bridgehead atoms. The van der Waals surface area contributed by atoms with Gasteiger partial charge in [-0.15, -0.1) is 0 Å². The van der Waals surface area contributed by atoms with Crippen LogP contribution in [0.1, 0.15) is 12.0 Å². The van der Waals surface area contributed by atoms with Crippen molar-refractivity contribution in [1.82, 2.24) is 4.98 Å². The largest absolute Gasteiger partial charge is 0.508 e. The first kappa shape index (κ1) is 25.9. The third kappa shape index (κ3) is 6.66. The van der Waals surface area contributed by atoms with Gasteiger partial charge in [0.2, 0.25) is 0 Å². The lowest BCUT2D eigenvalue weighted by Crippen LogP contribution is -1.98. The molecule has 3 N–H and O–H groups in total. The summed E-state index contributed by atoms with van der Waals surface area (Å²) in [6.07, 6.45) is 15.5. The van der Waals surface area contributed by atoms with Gasteiger partial charge in [-0.3, -0.25) is 4.98 Å². The molecule has 8 heteroatoms. The molecule has 0 amide bonds. The van der Waals surface area contributed by atoms with Crippen LogP contribution in [0.2, 0.25) is 0 Å². The Hall–Kier alpha value is -4.72. The van der Waals surface area contributed by atoms with Gasteiger partial charge in [0.1, 0.15) is 11.5 Å². The summed E-state index contributed by atoms with van der Waals surface area (Å²) in [5.74, 6) is 1.21. The van der Waals surface area contributed by atoms with E-state index in [0.717, 1.165) is 12.6 Å². The number of aromatic nitrogens is 1. The second-order valence-electron chi connectivity index (χ2n) is 7.38. The van der Waals surface area contributed by atoms with Crippen LogP contribution in [0.15, 0.2) is 90.9 Å². The lowest BCUT2D eigenvalue weighted by molar-refractivity contribution is 0.355. The molecular formula is C28H26FN3O4. The Balaban J connectivity index is 0.000000383. The van der Waals surface area contributed by atoms with Gasteiger partial charge in [-0.05, 0) is 61.1 Å². The molecular weight excluding hydrogens is 461 g/mol. The van der Waals surface area contributed by atoms with E-state index < -0.39 is 5.82 Å². The average Bonchev–Trinajstić information content (AvgIpc) is 3.15. The van der Waals surface area contributed by atoms with E-state index in [0.29, 0.717) is 39.5 Å². The molecule has 2 aromatic carbocycles. The topological polar surface area (TPSA) is 109 Å². The number of nitrogens with zero attached hydrogens (tertiary/aromatic N) is 1. The van der Waals surface area contributed by atoms with Gasteiger partial charge in [0.15, 0.2) is 23.1 Å². The molecule has 1 aliphatic carbocycles. The van der Waals surface area contributed by atoms with Gasteiger partial charge in [0.05, 0.1) is 25.4 Å². The minimum absolute atomic E-state index is 0.0230. The standard InChI is InChI=1S/C21H18FN3O3.C7H8O/c1-26-20-11-14-17(12-21(20)27-2)25-9-7-18(14)28-19-6-5-13(10-15(19)22)16(24)4-3-8-23;8-7-5-3-1-2-4-6-7/h3-12,23-24H,1-2H3;1,3-6,8H,2H2/b4-3-,23-8?,24-16?;. The van der Waals surface area contributed by atoms with Crippen molar-refractivity contribution in [2.45, 2.75) is 6.42 Å². The summed E-state index contributed by atoms with van der Waals surface area (Å²) in [7, 11) is 3.07. The summed E-state index contributed by atoms with van der Waals surface area (Å²) in [4.78, 5) is 4.29. The van der Waals surface area contributed by atoms with Crippen molar-refractivity contribution in [2.75, 3.05) is 14.2 Å². The van der Waals surface area contributed by atoms with Crippen molar-refractivity contribution in [2.24, 2.45) is 0 Å². The van der Waals surface area contributed by atoms with Crippen LogP contribution in [0.3, 0.4) is 0 Å². The number of halogens is 1. The molecule has 0 radical (unpaired) electrons. The Bertz CT molecular complexity index is 1380. The van der Waals surface area contributed by atoms with Gasteiger partial charge in [0.25, 0.3) is 0 Å². The van der Waals surface area contributed by atoms with Gasteiger partial charge in [-0.25, -0.2) is 4.39 Å². The number of nitrogens with one attached hydrogen (secondary N) is 2. The van der Waals surface area contributed by atoms with Crippen molar-refractivity contribution < 1.29 is 23.7 Å². The number of ether oxygens (including phenoxy) is 3. The molecule has 7 nitrogen and oxygen atoms in total. The Labute approximate surface area is 208 Å². The Morgan fingerprint density at radius 3 is 2.53 bits per heavy atom. The van der Waals surface area contributed by atoms with Crippen LogP contribution in [0.4, 0.5) is 4.39 Å². The minimum Gasteiger partial charge on any atom is -0.508 e. The quantitative estimate of drug-likeness (QED) is 0.321. The van der Waals surface area contributed by atoms with E-state index >= 15 is 0 Å². The van der Waals surface area contributed by atoms with E-state index in [1.807, 2.05) is 18.2 Å². The first-order valence-electron chi connectivity index (χ1n) is 10.9. The second kappa shape index (κ2) is 12.7. The Kier molecular flexibility index (Phi) is 9.11. The minimum atomic E-state index is -0.601. The number of aliphatic hydroxyl groups excluding tert-OH is 1. The summed E-state index contributed by atoms with van der Waals surface area (Å²) < 4.78 is 30.9. The number of pyridine rings is 1. The smallest absolute Gasteiger partial charge is 0.166 e. The molecule has 1 heterocycles. The normalized spacial score (nSPS) is 12.4. The van der Waals surface area contributed by atoms with Gasteiger partial charge in [-0.1, -0.05) is 18.2 Å². The van der Waals surface area contributed by atoms with Gasteiger partial charge < -0.3 is 30.1 Å². The molecule has 36 heavy (non-hydrogen) atoms. The molecule has 0 unspecified atom stereocenters. The van der Waals surface area contributed by atoms with Crippen LogP contribution >= 0.6 is 0 Å². The number of rotatable bonds is 7. The fourth-order valence-corrected chi connectivity index (χ4v) is 3.21. The van der Waals surface area contributed by atoms with E-state index in [2.05, 4.69) is 4.98 Å². The average molecular weight is 488 g/mol. The summed E-state index contributed by atoms with van der Waals surface area (Å²) in [6, 6.07) is 9.35. The van der Waals surface area contributed by atoms with Crippen LogP contribution in [0, 0.1) is 16.6 Å². The number of hydrogen-bond donors (Lipinski definition) is 3. The van der Waals surface area contributed by atoms with Crippen LogP contribution in [-0.4, -0.2) is 36.2 Å². The molecule has 0 aliphatic heterocycles. The number of benzene rings is 2. The predicted molar refractivity (Wildman–Crippen MR) is 140 cm³/mol. The molecule has 0 saturated heterocycles. The summed E-state index contributed by atoms with van der Waals surface area (Å²) in [6.45, 7) is 0. The number of aliphatic hydroxyl groups is 1. The highest BCUT2D eigenvalue weighted by molar-refractivity contribution is 6.08. The maximum absolute atomic E-state index is 14.5. The highest BCUT2D eigenvalue weighted by Crippen LogP contribution is 2.37. The number of hydrogen-bond acceptors (Lipinski definition) is 7. The molecule has 0 fully saturated rings. The molecule has 3 aromatic rings. The van der Waals surface area contributed by atoms with Gasteiger partial charge in [-0.2, -0.15) is 0 Å². The van der Waals surface area contributed by atoms with Crippen molar-refractivity contribution in [3.8, 4) is 23.0 Å². The van der Waals surface area contributed by atoms with Crippen LogP contribution in [0.25, 0.3) is 10.9 Å². The molecule has 1 aromatic heterocycles. The first-order chi connectivity index (χ1) is 17.5. The molecule has 1 aliphatic rings. The van der Waals surface area contributed by atoms with Crippen molar-refractivity contribution in [3.63, 3.8) is 0 Å². The zero-order chi connectivity index (χ0) is 25.9. The Morgan fingerprint density at radius 2 is 1.81 bits per heavy atom. The van der Waals surface area contributed by atoms with Gasteiger partial charge >= 0.3 is 0 Å². The van der Waals surface area contributed by atoms with Crippen LogP contribution < -0.4 is 14.2 Å². The number of fused-ring (bicyclic) bond motifs is 1. The molecule has 0 spiro atoms. The molecule has 0 atom stereocenters. The monoisotopic (exact) mass is 487 g/mol. The lowest BCUT2D eigenvalue weighted by atomic mass is 10.1. The summed E-state index contributed by atoms with van der Waals surface area (Å²) in [5, 5.41) is 24.3. The second-order valence-corrected chi connectivity index (χ2v) is 7.38. The van der Waals surface area contributed by atoms with E-state index in [4.69, 9.17) is 30.1 Å². The van der Waals surface area contributed by atoms with E-state index in [9.17, 15) is 4.39 Å². The highest BCUT2D eigenvalue weighted by Gasteiger charge is 2.13. The van der Waals surface area contributed by atoms with Crippen LogP contribution in [0.5, 0.6) is 23.0 Å². The summed E-state index contributed by atoms with van der Waals surface area (Å²) in [5.41, 5.74) is 1.10. The first-order valence-corrected chi connectivity index (χ1v) is 10.9. The van der Waals surface area contributed by atoms with Gasteiger partial charge in [0, 0.05) is 29.4 Å².